The Morgan fingerprint density at radius 1 is 0.950 bits per heavy atom. The summed E-state index contributed by atoms with van der Waals surface area (Å²) in [5.74, 6) is -2.95. The molecule has 0 radical (unpaired) electrons. The molecule has 40 heavy (non-hydrogen) atoms. The number of H-pyrrole nitrogens is 1. The first kappa shape index (κ1) is 30.9. The summed E-state index contributed by atoms with van der Waals surface area (Å²) in [7, 11) is 0.753. The summed E-state index contributed by atoms with van der Waals surface area (Å²) in [5.41, 5.74) is -2.34. The second-order valence-electron chi connectivity index (χ2n) is 7.84. The van der Waals surface area contributed by atoms with Gasteiger partial charge in [-0.2, -0.15) is 4.39 Å². The third-order valence-electron chi connectivity index (χ3n) is 5.28. The van der Waals surface area contributed by atoms with Crippen LogP contribution in [0.15, 0.2) is 64.3 Å². The molecule has 3 aromatic rings. The number of hydrogen-bond donors (Lipinski definition) is 1. The first-order chi connectivity index (χ1) is 19.1. The zero-order valence-electron chi connectivity index (χ0n) is 21.0. The molecule has 16 heteroatoms. The number of ether oxygens (including phenoxy) is 3. The number of aromatic nitrogens is 2. The molecule has 10 nitrogen and oxygen atoms in total. The van der Waals surface area contributed by atoms with Crippen LogP contribution in [-0.4, -0.2) is 49.3 Å². The van der Waals surface area contributed by atoms with E-state index < -0.39 is 63.9 Å². The maximum atomic E-state index is 14.7. The third-order valence-corrected chi connectivity index (χ3v) is 6.36. The van der Waals surface area contributed by atoms with E-state index in [1.165, 1.54) is 14.2 Å². The first-order valence-corrected chi connectivity index (χ1v) is 12.4. The summed E-state index contributed by atoms with van der Waals surface area (Å²) < 4.78 is 95.5. The molecule has 1 aliphatic heterocycles. The maximum Gasteiger partial charge on any atom is 0.463 e. The van der Waals surface area contributed by atoms with Gasteiger partial charge in [0.2, 0.25) is 12.7 Å². The fourth-order valence-electron chi connectivity index (χ4n) is 3.35. The monoisotopic (exact) mass is 594 g/mol. The van der Waals surface area contributed by atoms with Gasteiger partial charge in [-0.3, -0.25) is 18.9 Å². The molecule has 0 aliphatic carbocycles. The van der Waals surface area contributed by atoms with Crippen LogP contribution in [0.5, 0.6) is 23.0 Å². The quantitative estimate of drug-likeness (QED) is 0.261. The van der Waals surface area contributed by atoms with E-state index in [1.807, 2.05) is 0 Å². The standard InChI is InChI=1S/C23H22F3N2O8P.CH2F2/c1-31-14-3-7-16(8-4-14)35-37(36-17-9-5-15(32-2)6-10-17)33-13-19-23(25,26)11-20(34-19)28-12-18(24)21(29)27-22(28)30;2-1-3/h3-10,12,19-20H,11,13H2,1-2H3,(H,27,29,30);1H2. The van der Waals surface area contributed by atoms with Gasteiger partial charge in [-0.25, -0.2) is 22.4 Å². The smallest absolute Gasteiger partial charge is 0.463 e. The SMILES string of the molecule is COc1ccc(OP(OCC2OC(n3cc(F)c(=O)[nH]c3=O)CC2(F)F)Oc2ccc(OC)cc2)cc1.FCF. The molecule has 0 amide bonds. The zero-order valence-corrected chi connectivity index (χ0v) is 21.9. The minimum absolute atomic E-state index is 0.327. The molecule has 1 fully saturated rings. The van der Waals surface area contributed by atoms with Crippen molar-refractivity contribution >= 4 is 8.60 Å². The molecule has 1 aliphatic rings. The second kappa shape index (κ2) is 14.1. The van der Waals surface area contributed by atoms with Crippen molar-refractivity contribution in [1.29, 1.82) is 0 Å². The molecule has 0 bridgehead atoms. The largest absolute Gasteiger partial charge is 0.497 e. The van der Waals surface area contributed by atoms with Crippen molar-refractivity contribution in [3.8, 4) is 23.0 Å². The van der Waals surface area contributed by atoms with E-state index in [2.05, 4.69) is 0 Å². The number of nitrogens with zero attached hydrogens (tertiary/aromatic N) is 1. The Morgan fingerprint density at radius 2 is 1.43 bits per heavy atom. The highest BCUT2D eigenvalue weighted by atomic mass is 31.2. The Labute approximate surface area is 225 Å². The van der Waals surface area contributed by atoms with E-state index in [9.17, 15) is 31.5 Å². The van der Waals surface area contributed by atoms with Crippen LogP contribution in [0.4, 0.5) is 22.0 Å². The fraction of sp³-hybridized carbons (Fsp3) is 0.333. The second-order valence-corrected chi connectivity index (χ2v) is 8.91. The van der Waals surface area contributed by atoms with Gasteiger partial charge in [0.1, 0.15) is 35.3 Å². The van der Waals surface area contributed by atoms with Gasteiger partial charge in [0, 0.05) is 0 Å². The van der Waals surface area contributed by atoms with Crippen molar-refractivity contribution in [1.82, 2.24) is 9.55 Å². The summed E-state index contributed by atoms with van der Waals surface area (Å²) in [6, 6.07) is 12.9. The number of alkyl halides is 4. The summed E-state index contributed by atoms with van der Waals surface area (Å²) in [6.07, 6.45) is -3.76. The molecular formula is C24H24F5N2O8P. The molecule has 2 atom stereocenters. The van der Waals surface area contributed by atoms with Gasteiger partial charge in [0.25, 0.3) is 11.5 Å². The van der Waals surface area contributed by atoms with Crippen LogP contribution < -0.4 is 29.8 Å². The van der Waals surface area contributed by atoms with Gasteiger partial charge in [-0.15, -0.1) is 0 Å². The Bertz CT molecular complexity index is 1290. The van der Waals surface area contributed by atoms with Crippen LogP contribution in [0.3, 0.4) is 0 Å². The topological polar surface area (TPSA) is 110 Å². The molecule has 4 rings (SSSR count). The number of rotatable bonds is 10. The number of halogens is 5. The summed E-state index contributed by atoms with van der Waals surface area (Å²) in [6.45, 7) is -2.43. The van der Waals surface area contributed by atoms with Crippen LogP contribution in [0.25, 0.3) is 0 Å². The third kappa shape index (κ3) is 8.16. The predicted octanol–water partition coefficient (Wildman–Crippen LogP) is 4.90. The lowest BCUT2D eigenvalue weighted by Crippen LogP contribution is -2.34. The predicted molar refractivity (Wildman–Crippen MR) is 132 cm³/mol. The molecular weight excluding hydrogens is 570 g/mol. The van der Waals surface area contributed by atoms with Crippen LogP contribution >= 0.6 is 8.60 Å². The van der Waals surface area contributed by atoms with Crippen molar-refractivity contribution in [3.05, 3.63) is 81.4 Å². The fourth-order valence-corrected chi connectivity index (χ4v) is 4.33. The van der Waals surface area contributed by atoms with Crippen molar-refractivity contribution in [3.63, 3.8) is 0 Å². The summed E-state index contributed by atoms with van der Waals surface area (Å²) in [4.78, 5) is 25.0. The summed E-state index contributed by atoms with van der Waals surface area (Å²) in [5, 5.41) is 0. The van der Waals surface area contributed by atoms with E-state index in [4.69, 9.17) is 27.8 Å². The Morgan fingerprint density at radius 3 is 1.90 bits per heavy atom. The normalized spacial score (nSPS) is 17.6. The lowest BCUT2D eigenvalue weighted by Gasteiger charge is -2.22. The first-order valence-electron chi connectivity index (χ1n) is 11.3. The molecule has 2 heterocycles. The van der Waals surface area contributed by atoms with Crippen molar-refractivity contribution < 1.29 is 49.7 Å². The van der Waals surface area contributed by atoms with E-state index in [1.54, 1.807) is 53.5 Å². The molecule has 0 spiro atoms. The van der Waals surface area contributed by atoms with E-state index in [0.717, 1.165) is 0 Å². The summed E-state index contributed by atoms with van der Waals surface area (Å²) >= 11 is 0. The molecule has 1 N–H and O–H groups in total. The van der Waals surface area contributed by atoms with Gasteiger partial charge >= 0.3 is 14.3 Å². The Balaban J connectivity index is 0.00000141. The van der Waals surface area contributed by atoms with Gasteiger partial charge in [0.15, 0.2) is 0 Å². The van der Waals surface area contributed by atoms with E-state index in [0.29, 0.717) is 33.8 Å². The zero-order chi connectivity index (χ0) is 29.3. The van der Waals surface area contributed by atoms with Crippen molar-refractivity contribution in [2.45, 2.75) is 24.7 Å². The molecule has 218 valence electrons. The highest BCUT2D eigenvalue weighted by Gasteiger charge is 2.52. The van der Waals surface area contributed by atoms with Crippen LogP contribution in [0.1, 0.15) is 12.6 Å². The maximum absolute atomic E-state index is 14.7. The Hall–Kier alpha value is -3.68. The molecule has 0 saturated carbocycles. The van der Waals surface area contributed by atoms with E-state index in [-0.39, 0.29) is 0 Å². The highest BCUT2D eigenvalue weighted by Crippen LogP contribution is 2.46. The van der Waals surface area contributed by atoms with Gasteiger partial charge < -0.3 is 23.3 Å². The lowest BCUT2D eigenvalue weighted by atomic mass is 10.2. The molecule has 2 aromatic carbocycles. The van der Waals surface area contributed by atoms with E-state index >= 15 is 0 Å². The lowest BCUT2D eigenvalue weighted by molar-refractivity contribution is -0.0985. The van der Waals surface area contributed by atoms with Gasteiger partial charge in [0.05, 0.1) is 33.4 Å². The van der Waals surface area contributed by atoms with Gasteiger partial charge in [-0.05, 0) is 48.5 Å². The number of nitrogens with one attached hydrogen (secondary N) is 1. The molecule has 1 saturated heterocycles. The number of hydrogen-bond acceptors (Lipinski definition) is 8. The number of benzene rings is 2. The van der Waals surface area contributed by atoms with Crippen LogP contribution in [0, 0.1) is 5.82 Å². The van der Waals surface area contributed by atoms with Crippen LogP contribution in [0.2, 0.25) is 0 Å². The minimum Gasteiger partial charge on any atom is -0.497 e. The average molecular weight is 594 g/mol. The molecule has 1 aromatic heterocycles. The Kier molecular flexibility index (Phi) is 10.9. The van der Waals surface area contributed by atoms with Crippen LogP contribution in [-0.2, 0) is 9.26 Å². The van der Waals surface area contributed by atoms with Crippen molar-refractivity contribution in [2.24, 2.45) is 0 Å². The van der Waals surface area contributed by atoms with Crippen molar-refractivity contribution in [2.75, 3.05) is 27.8 Å². The van der Waals surface area contributed by atoms with Gasteiger partial charge in [-0.1, -0.05) is 0 Å². The highest BCUT2D eigenvalue weighted by molar-refractivity contribution is 7.42. The number of aromatic amines is 1. The molecule has 2 unspecified atom stereocenters. The average Bonchev–Trinajstić information content (AvgIpc) is 3.24. The number of methoxy groups -OCH3 is 2. The minimum atomic E-state index is -3.45.